The van der Waals surface area contributed by atoms with E-state index in [-0.39, 0.29) is 23.8 Å². The van der Waals surface area contributed by atoms with Gasteiger partial charge in [0.05, 0.1) is 31.0 Å². The number of rotatable bonds is 1. The van der Waals surface area contributed by atoms with E-state index in [1.165, 1.54) is 0 Å². The largest absolute Gasteiger partial charge is 0.491 e. The zero-order valence-electron chi connectivity index (χ0n) is 14.9. The summed E-state index contributed by atoms with van der Waals surface area (Å²) >= 11 is 0. The summed E-state index contributed by atoms with van der Waals surface area (Å²) in [5.41, 5.74) is 1.53. The molecule has 3 aliphatic rings. The highest BCUT2D eigenvalue weighted by atomic mass is 16.6. The maximum absolute atomic E-state index is 12.9. The van der Waals surface area contributed by atoms with Crippen LogP contribution in [0.5, 0.6) is 5.75 Å². The number of benzene rings is 1. The minimum atomic E-state index is -0.387. The first-order valence-corrected chi connectivity index (χ1v) is 9.17. The molecule has 3 heterocycles. The predicted molar refractivity (Wildman–Crippen MR) is 94.2 cm³/mol. The van der Waals surface area contributed by atoms with Gasteiger partial charge in [-0.25, -0.2) is 4.79 Å². The minimum Gasteiger partial charge on any atom is -0.491 e. The summed E-state index contributed by atoms with van der Waals surface area (Å²) in [4.78, 5) is 14.8. The smallest absolute Gasteiger partial charge is 0.322 e. The van der Waals surface area contributed by atoms with Gasteiger partial charge in [-0.2, -0.15) is 0 Å². The highest BCUT2D eigenvalue weighted by Gasteiger charge is 2.48. The van der Waals surface area contributed by atoms with Gasteiger partial charge in [0.2, 0.25) is 0 Å². The topological polar surface area (TPSA) is 60.0 Å². The molecule has 0 saturated carbocycles. The second-order valence-electron chi connectivity index (χ2n) is 7.31. The molecule has 25 heavy (non-hydrogen) atoms. The van der Waals surface area contributed by atoms with Crippen molar-refractivity contribution >= 4 is 11.7 Å². The van der Waals surface area contributed by atoms with E-state index < -0.39 is 0 Å². The van der Waals surface area contributed by atoms with E-state index in [2.05, 4.69) is 11.4 Å². The number of carbonyl (C=O) groups excluding carboxylic acids is 1. The van der Waals surface area contributed by atoms with Crippen LogP contribution in [0.3, 0.4) is 0 Å². The Morgan fingerprint density at radius 1 is 1.32 bits per heavy atom. The summed E-state index contributed by atoms with van der Waals surface area (Å²) in [6, 6.07) is 5.84. The van der Waals surface area contributed by atoms with Crippen LogP contribution in [0.25, 0.3) is 0 Å². The van der Waals surface area contributed by atoms with Crippen molar-refractivity contribution in [2.24, 2.45) is 0 Å². The summed E-state index contributed by atoms with van der Waals surface area (Å²) in [5.74, 6) is 0.815. The summed E-state index contributed by atoms with van der Waals surface area (Å²) in [6.07, 6.45) is 2.83. The standard InChI is InChI=1S/C19H26N2O4/c1-13-11-21(12-19(25-13)8-10-23-14(19)2)18(22)20-16-7-3-5-15-6-4-9-24-17(15)16/h3,5,7,13-14H,4,6,8-12H2,1-2H3,(H,20,22)/t13-,14-,19+/m1/s1. The van der Waals surface area contributed by atoms with Crippen molar-refractivity contribution in [1.82, 2.24) is 4.90 Å². The van der Waals surface area contributed by atoms with Gasteiger partial charge in [0.15, 0.2) is 0 Å². The first-order chi connectivity index (χ1) is 12.1. The van der Waals surface area contributed by atoms with Gasteiger partial charge < -0.3 is 24.4 Å². The van der Waals surface area contributed by atoms with E-state index in [9.17, 15) is 4.79 Å². The lowest BCUT2D eigenvalue weighted by molar-refractivity contribution is -0.159. The highest BCUT2D eigenvalue weighted by molar-refractivity contribution is 5.91. The monoisotopic (exact) mass is 346 g/mol. The molecule has 2 saturated heterocycles. The number of nitrogens with zero attached hydrogens (tertiary/aromatic N) is 1. The van der Waals surface area contributed by atoms with Gasteiger partial charge in [-0.05, 0) is 38.3 Å². The van der Waals surface area contributed by atoms with Crippen LogP contribution < -0.4 is 10.1 Å². The third-order valence-electron chi connectivity index (χ3n) is 5.47. The maximum Gasteiger partial charge on any atom is 0.322 e. The number of fused-ring (bicyclic) bond motifs is 1. The molecule has 3 atom stereocenters. The lowest BCUT2D eigenvalue weighted by atomic mass is 9.93. The normalized spacial score (nSPS) is 31.5. The Bertz CT molecular complexity index is 665. The van der Waals surface area contributed by atoms with Crippen LogP contribution in [0.2, 0.25) is 0 Å². The van der Waals surface area contributed by atoms with Gasteiger partial charge in [-0.1, -0.05) is 12.1 Å². The number of urea groups is 1. The van der Waals surface area contributed by atoms with Gasteiger partial charge in [-0.15, -0.1) is 0 Å². The van der Waals surface area contributed by atoms with Gasteiger partial charge in [-0.3, -0.25) is 0 Å². The van der Waals surface area contributed by atoms with E-state index in [1.807, 2.05) is 30.9 Å². The van der Waals surface area contributed by atoms with Gasteiger partial charge in [0.1, 0.15) is 11.4 Å². The van der Waals surface area contributed by atoms with Crippen molar-refractivity contribution in [3.8, 4) is 5.75 Å². The van der Waals surface area contributed by atoms with E-state index in [0.29, 0.717) is 26.3 Å². The average molecular weight is 346 g/mol. The molecule has 1 aromatic carbocycles. The third-order valence-corrected chi connectivity index (χ3v) is 5.47. The Kier molecular flexibility index (Phi) is 4.33. The second kappa shape index (κ2) is 6.50. The lowest BCUT2D eigenvalue weighted by Gasteiger charge is -2.45. The molecule has 6 heteroatoms. The molecule has 136 valence electrons. The Labute approximate surface area is 148 Å². The molecule has 3 aliphatic heterocycles. The Balaban J connectivity index is 1.51. The molecule has 2 amide bonds. The van der Waals surface area contributed by atoms with Crippen molar-refractivity contribution in [3.63, 3.8) is 0 Å². The first kappa shape index (κ1) is 16.7. The molecule has 4 rings (SSSR count). The predicted octanol–water partition coefficient (Wildman–Crippen LogP) is 2.81. The SMILES string of the molecule is C[C@@H]1CN(C(=O)Nc2cccc3c2OCCC3)C[C@]2(CCO[C@@H]2C)O1. The molecule has 6 nitrogen and oxygen atoms in total. The Morgan fingerprint density at radius 2 is 2.20 bits per heavy atom. The number of ether oxygens (including phenoxy) is 3. The summed E-state index contributed by atoms with van der Waals surface area (Å²) in [5, 5.41) is 3.05. The number of anilines is 1. The van der Waals surface area contributed by atoms with Crippen LogP contribution >= 0.6 is 0 Å². The molecule has 2 fully saturated rings. The molecular weight excluding hydrogens is 320 g/mol. The number of morpholine rings is 1. The van der Waals surface area contributed by atoms with E-state index in [1.54, 1.807) is 0 Å². The van der Waals surface area contributed by atoms with Crippen molar-refractivity contribution < 1.29 is 19.0 Å². The van der Waals surface area contributed by atoms with Crippen molar-refractivity contribution in [3.05, 3.63) is 23.8 Å². The van der Waals surface area contributed by atoms with Gasteiger partial charge >= 0.3 is 6.03 Å². The number of nitrogens with one attached hydrogen (secondary N) is 1. The lowest BCUT2D eigenvalue weighted by Crippen LogP contribution is -2.60. The molecule has 0 aliphatic carbocycles. The number of hydrogen-bond acceptors (Lipinski definition) is 4. The fourth-order valence-electron chi connectivity index (χ4n) is 4.14. The molecule has 1 spiro atoms. The van der Waals surface area contributed by atoms with E-state index in [4.69, 9.17) is 14.2 Å². The van der Waals surface area contributed by atoms with Crippen LogP contribution in [0, 0.1) is 0 Å². The van der Waals surface area contributed by atoms with Crippen LogP contribution in [-0.2, 0) is 15.9 Å². The zero-order chi connectivity index (χ0) is 17.4. The molecule has 0 unspecified atom stereocenters. The molecule has 1 N–H and O–H groups in total. The maximum atomic E-state index is 12.9. The summed E-state index contributed by atoms with van der Waals surface area (Å²) in [7, 11) is 0. The molecule has 0 aromatic heterocycles. The number of para-hydroxylation sites is 1. The van der Waals surface area contributed by atoms with Crippen molar-refractivity contribution in [2.45, 2.75) is 50.9 Å². The fraction of sp³-hybridized carbons (Fsp3) is 0.632. The third kappa shape index (κ3) is 3.09. The fourth-order valence-corrected chi connectivity index (χ4v) is 4.14. The van der Waals surface area contributed by atoms with Crippen molar-refractivity contribution in [2.75, 3.05) is 31.6 Å². The first-order valence-electron chi connectivity index (χ1n) is 9.17. The Hall–Kier alpha value is -1.79. The second-order valence-corrected chi connectivity index (χ2v) is 7.31. The highest BCUT2D eigenvalue weighted by Crippen LogP contribution is 2.36. The van der Waals surface area contributed by atoms with E-state index >= 15 is 0 Å². The van der Waals surface area contributed by atoms with Crippen LogP contribution in [0.1, 0.15) is 32.3 Å². The summed E-state index contributed by atoms with van der Waals surface area (Å²) < 4.78 is 17.7. The van der Waals surface area contributed by atoms with Crippen LogP contribution in [0.15, 0.2) is 18.2 Å². The molecule has 1 aromatic rings. The molecule has 0 radical (unpaired) electrons. The number of carbonyl (C=O) groups is 1. The quantitative estimate of drug-likeness (QED) is 0.849. The number of amides is 2. The molecular formula is C19H26N2O4. The number of aryl methyl sites for hydroxylation is 1. The van der Waals surface area contributed by atoms with Gasteiger partial charge in [0.25, 0.3) is 0 Å². The summed E-state index contributed by atoms with van der Waals surface area (Å²) in [6.45, 7) is 6.56. The molecule has 0 bridgehead atoms. The zero-order valence-corrected chi connectivity index (χ0v) is 14.9. The minimum absolute atomic E-state index is 0.00151. The average Bonchev–Trinajstić information content (AvgIpc) is 2.94. The van der Waals surface area contributed by atoms with E-state index in [0.717, 1.165) is 36.3 Å². The Morgan fingerprint density at radius 3 is 3.00 bits per heavy atom. The van der Waals surface area contributed by atoms with Crippen LogP contribution in [0.4, 0.5) is 10.5 Å². The van der Waals surface area contributed by atoms with Crippen molar-refractivity contribution in [1.29, 1.82) is 0 Å². The van der Waals surface area contributed by atoms with Crippen LogP contribution in [-0.4, -0.2) is 55.0 Å². The number of hydrogen-bond donors (Lipinski definition) is 1. The van der Waals surface area contributed by atoms with Gasteiger partial charge in [0, 0.05) is 19.6 Å².